The maximum absolute atomic E-state index is 14.7. The third-order valence-electron chi connectivity index (χ3n) is 9.03. The number of para-hydroxylation sites is 2. The second kappa shape index (κ2) is 9.89. The van der Waals surface area contributed by atoms with E-state index in [1.165, 1.54) is 23.0 Å². The number of fused-ring (bicyclic) bond motifs is 5. The average Bonchev–Trinajstić information content (AvgIpc) is 3.61. The summed E-state index contributed by atoms with van der Waals surface area (Å²) in [6.45, 7) is 8.00. The molecule has 8 heteroatoms. The van der Waals surface area contributed by atoms with Crippen LogP contribution in [0.1, 0.15) is 18.1 Å². The summed E-state index contributed by atoms with van der Waals surface area (Å²) in [5, 5.41) is 1.65. The van der Waals surface area contributed by atoms with Crippen LogP contribution in [0.2, 0.25) is 0 Å². The molecule has 4 heterocycles. The van der Waals surface area contributed by atoms with E-state index >= 15 is 0 Å². The minimum absolute atomic E-state index is 0.0674. The Morgan fingerprint density at radius 2 is 1.58 bits per heavy atom. The average molecular weight is 589 g/mol. The van der Waals surface area contributed by atoms with Crippen molar-refractivity contribution in [3.05, 3.63) is 102 Å². The first-order chi connectivity index (χ1) is 20.9. The highest BCUT2D eigenvalue weighted by molar-refractivity contribution is 8.03. The highest BCUT2D eigenvalue weighted by Gasteiger charge is 2.63. The largest absolute Gasteiger partial charge is 0.456 e. The van der Waals surface area contributed by atoms with E-state index in [0.717, 1.165) is 53.8 Å². The van der Waals surface area contributed by atoms with Crippen LogP contribution in [-0.2, 0) is 14.5 Å². The molecule has 216 valence electrons. The molecule has 3 aliphatic rings. The standard InChI is InChI=1S/C35H32N4O3S/c1-23-8-7-9-25(20-23)37-18-16-36(17-19-37)22-38-30-12-5-4-11-29(30)35(34(38)41)39(33(40)24(2)43-35)26-14-15-28-27-10-3-6-13-31(27)42-32(28)21-26/h3-15,20-21,24H,16-19,22H2,1-2H3. The Bertz CT molecular complexity index is 1910. The first kappa shape index (κ1) is 26.4. The van der Waals surface area contributed by atoms with Crippen molar-refractivity contribution in [1.29, 1.82) is 0 Å². The molecule has 1 spiro atoms. The van der Waals surface area contributed by atoms with Crippen molar-refractivity contribution in [3.63, 3.8) is 0 Å². The Kier molecular flexibility index (Phi) is 6.07. The minimum atomic E-state index is -1.17. The molecule has 0 bridgehead atoms. The molecule has 3 aliphatic heterocycles. The smallest absolute Gasteiger partial charge is 0.269 e. The van der Waals surface area contributed by atoms with E-state index in [2.05, 4.69) is 41.0 Å². The summed E-state index contributed by atoms with van der Waals surface area (Å²) in [5.74, 6) is -0.139. The topological polar surface area (TPSA) is 60.2 Å². The summed E-state index contributed by atoms with van der Waals surface area (Å²) in [6.07, 6.45) is 0. The number of furan rings is 1. The van der Waals surface area contributed by atoms with Gasteiger partial charge in [0.15, 0.2) is 0 Å². The van der Waals surface area contributed by atoms with Crippen molar-refractivity contribution in [1.82, 2.24) is 4.90 Å². The van der Waals surface area contributed by atoms with Crippen LogP contribution in [0.3, 0.4) is 0 Å². The lowest BCUT2D eigenvalue weighted by Crippen LogP contribution is -2.54. The van der Waals surface area contributed by atoms with E-state index in [9.17, 15) is 9.59 Å². The van der Waals surface area contributed by atoms with E-state index in [1.54, 1.807) is 4.90 Å². The van der Waals surface area contributed by atoms with Crippen LogP contribution in [-0.4, -0.2) is 54.8 Å². The minimum Gasteiger partial charge on any atom is -0.456 e. The maximum Gasteiger partial charge on any atom is 0.269 e. The number of nitrogens with zero attached hydrogens (tertiary/aromatic N) is 4. The van der Waals surface area contributed by atoms with Crippen LogP contribution in [0.25, 0.3) is 21.9 Å². The number of anilines is 3. The molecule has 0 aliphatic carbocycles. The predicted molar refractivity (Wildman–Crippen MR) is 174 cm³/mol. The Hall–Kier alpha value is -4.27. The van der Waals surface area contributed by atoms with Gasteiger partial charge in [0.05, 0.1) is 17.6 Å². The van der Waals surface area contributed by atoms with Gasteiger partial charge in [-0.15, -0.1) is 11.8 Å². The van der Waals surface area contributed by atoms with Crippen molar-refractivity contribution in [3.8, 4) is 0 Å². The number of hydrogen-bond donors (Lipinski definition) is 0. The second-order valence-corrected chi connectivity index (χ2v) is 13.2. The SMILES string of the molecule is Cc1cccc(N2CCN(CN3C(=O)C4(SC(C)C(=O)N4c4ccc5c(c4)oc4ccccc45)c4ccccc43)CC2)c1. The molecule has 0 radical (unpaired) electrons. The molecular formula is C35H32N4O3S. The van der Waals surface area contributed by atoms with Gasteiger partial charge in [0.2, 0.25) is 10.8 Å². The van der Waals surface area contributed by atoms with E-state index in [4.69, 9.17) is 4.42 Å². The van der Waals surface area contributed by atoms with Crippen LogP contribution in [0.4, 0.5) is 17.1 Å². The monoisotopic (exact) mass is 588 g/mol. The number of piperazine rings is 1. The molecule has 2 amide bonds. The number of hydrogen-bond acceptors (Lipinski definition) is 6. The Morgan fingerprint density at radius 1 is 0.814 bits per heavy atom. The van der Waals surface area contributed by atoms with Crippen LogP contribution in [0, 0.1) is 6.92 Å². The quantitative estimate of drug-likeness (QED) is 0.244. The van der Waals surface area contributed by atoms with Crippen LogP contribution < -0.4 is 14.7 Å². The van der Waals surface area contributed by atoms with Crippen molar-refractivity contribution < 1.29 is 14.0 Å². The molecule has 5 aromatic rings. The second-order valence-electron chi connectivity index (χ2n) is 11.7. The summed E-state index contributed by atoms with van der Waals surface area (Å²) >= 11 is 1.44. The third-order valence-corrected chi connectivity index (χ3v) is 10.5. The zero-order valence-electron chi connectivity index (χ0n) is 24.2. The van der Waals surface area contributed by atoms with Gasteiger partial charge in [-0.05, 0) is 55.8 Å². The van der Waals surface area contributed by atoms with Gasteiger partial charge < -0.3 is 9.32 Å². The van der Waals surface area contributed by atoms with Crippen molar-refractivity contribution in [2.75, 3.05) is 47.5 Å². The summed E-state index contributed by atoms with van der Waals surface area (Å²) in [6, 6.07) is 30.4. The van der Waals surface area contributed by atoms with E-state index in [0.29, 0.717) is 17.9 Å². The molecule has 0 saturated carbocycles. The number of benzene rings is 4. The first-order valence-corrected chi connectivity index (χ1v) is 15.7. The van der Waals surface area contributed by atoms with Crippen molar-refractivity contribution in [2.24, 2.45) is 0 Å². The van der Waals surface area contributed by atoms with Crippen LogP contribution >= 0.6 is 11.8 Å². The lowest BCUT2D eigenvalue weighted by atomic mass is 10.0. The van der Waals surface area contributed by atoms with Crippen LogP contribution in [0.15, 0.2) is 95.4 Å². The van der Waals surface area contributed by atoms with Gasteiger partial charge >= 0.3 is 0 Å². The van der Waals surface area contributed by atoms with Gasteiger partial charge in [-0.3, -0.25) is 24.3 Å². The maximum atomic E-state index is 14.7. The summed E-state index contributed by atoms with van der Waals surface area (Å²) < 4.78 is 6.18. The third kappa shape index (κ3) is 4.00. The van der Waals surface area contributed by atoms with Gasteiger partial charge in [-0.25, -0.2) is 0 Å². The molecule has 4 aromatic carbocycles. The van der Waals surface area contributed by atoms with Gasteiger partial charge in [-0.1, -0.05) is 48.5 Å². The Morgan fingerprint density at radius 3 is 2.42 bits per heavy atom. The molecule has 0 N–H and O–H groups in total. The van der Waals surface area contributed by atoms with Crippen LogP contribution in [0.5, 0.6) is 0 Å². The lowest BCUT2D eigenvalue weighted by Gasteiger charge is -2.38. The number of carbonyl (C=O) groups excluding carboxylic acids is 2. The Balaban J connectivity index is 1.13. The Labute approximate surface area is 254 Å². The number of rotatable bonds is 4. The summed E-state index contributed by atoms with van der Waals surface area (Å²) in [4.78, 5) is 35.8. The molecule has 7 nitrogen and oxygen atoms in total. The van der Waals surface area contributed by atoms with Gasteiger partial charge in [0, 0.05) is 60.0 Å². The summed E-state index contributed by atoms with van der Waals surface area (Å²) in [5.41, 5.74) is 6.41. The lowest BCUT2D eigenvalue weighted by molar-refractivity contribution is -0.124. The fourth-order valence-electron chi connectivity index (χ4n) is 6.90. The molecule has 2 saturated heterocycles. The normalized spacial score (nSPS) is 22.5. The molecule has 1 aromatic heterocycles. The van der Waals surface area contributed by atoms with E-state index < -0.39 is 4.87 Å². The molecular weight excluding hydrogens is 556 g/mol. The molecule has 2 unspecified atom stereocenters. The highest BCUT2D eigenvalue weighted by Crippen LogP contribution is 2.58. The fraction of sp³-hybridized carbons (Fsp3) is 0.257. The van der Waals surface area contributed by atoms with Gasteiger partial charge in [-0.2, -0.15) is 0 Å². The van der Waals surface area contributed by atoms with Crippen molar-refractivity contribution >= 4 is 62.6 Å². The number of aryl methyl sites for hydroxylation is 1. The molecule has 2 fully saturated rings. The van der Waals surface area contributed by atoms with E-state index in [1.807, 2.05) is 78.6 Å². The number of carbonyl (C=O) groups is 2. The van der Waals surface area contributed by atoms with Gasteiger partial charge in [0.1, 0.15) is 11.2 Å². The number of thioether (sulfide) groups is 1. The highest BCUT2D eigenvalue weighted by atomic mass is 32.2. The fourth-order valence-corrected chi connectivity index (χ4v) is 8.43. The van der Waals surface area contributed by atoms with Gasteiger partial charge in [0.25, 0.3) is 5.91 Å². The predicted octanol–water partition coefficient (Wildman–Crippen LogP) is 6.34. The number of amides is 2. The van der Waals surface area contributed by atoms with Crippen molar-refractivity contribution in [2.45, 2.75) is 24.0 Å². The zero-order valence-corrected chi connectivity index (χ0v) is 25.0. The zero-order chi connectivity index (χ0) is 29.3. The first-order valence-electron chi connectivity index (χ1n) is 14.8. The molecule has 43 heavy (non-hydrogen) atoms. The molecule has 2 atom stereocenters. The summed E-state index contributed by atoms with van der Waals surface area (Å²) in [7, 11) is 0. The molecule has 8 rings (SSSR count). The van der Waals surface area contributed by atoms with E-state index in [-0.39, 0.29) is 17.1 Å².